The summed E-state index contributed by atoms with van der Waals surface area (Å²) in [5.41, 5.74) is 4.20. The topological polar surface area (TPSA) is 53.5 Å². The highest BCUT2D eigenvalue weighted by Crippen LogP contribution is 2.23. The lowest BCUT2D eigenvalue weighted by atomic mass is 10.1. The first-order chi connectivity index (χ1) is 12.1. The van der Waals surface area contributed by atoms with Crippen molar-refractivity contribution in [1.29, 1.82) is 0 Å². The second kappa shape index (κ2) is 7.81. The molecule has 4 nitrogen and oxygen atoms in total. The van der Waals surface area contributed by atoms with Crippen LogP contribution in [0.5, 0.6) is 0 Å². The van der Waals surface area contributed by atoms with Gasteiger partial charge < -0.3 is 5.32 Å². The maximum absolute atomic E-state index is 12.2. The molecule has 0 saturated heterocycles. The average molecular weight is 352 g/mol. The lowest BCUT2D eigenvalue weighted by molar-refractivity contribution is -0.121. The third kappa shape index (κ3) is 4.17. The second-order valence-corrected chi connectivity index (χ2v) is 6.06. The number of amides is 1. The number of nitrogens with one attached hydrogen (secondary N) is 2. The Labute approximate surface area is 151 Å². The zero-order valence-corrected chi connectivity index (χ0v) is 14.5. The molecule has 2 N–H and O–H groups in total. The van der Waals surface area contributed by atoms with E-state index in [0.717, 1.165) is 22.0 Å². The van der Waals surface area contributed by atoms with Crippen LogP contribution >= 0.6 is 11.6 Å². The normalized spacial score (nSPS) is 12.2. The molecule has 0 spiro atoms. The summed E-state index contributed by atoms with van der Waals surface area (Å²) in [5.74, 6) is -0.226. The van der Waals surface area contributed by atoms with Crippen LogP contribution in [0.2, 0.25) is 5.02 Å². The van der Waals surface area contributed by atoms with Crippen molar-refractivity contribution in [3.63, 3.8) is 0 Å². The van der Waals surface area contributed by atoms with Crippen molar-refractivity contribution in [3.8, 4) is 0 Å². The van der Waals surface area contributed by atoms with Gasteiger partial charge in [0.05, 0.1) is 6.21 Å². The van der Waals surface area contributed by atoms with Gasteiger partial charge in [-0.2, -0.15) is 5.10 Å². The van der Waals surface area contributed by atoms with Gasteiger partial charge in [0.25, 0.3) is 5.91 Å². The molecule has 3 aromatic rings. The Hall–Kier alpha value is -2.85. The number of benzene rings is 3. The van der Waals surface area contributed by atoms with E-state index >= 15 is 0 Å². The lowest BCUT2D eigenvalue weighted by Gasteiger charge is -2.15. The third-order valence-corrected chi connectivity index (χ3v) is 4.18. The summed E-state index contributed by atoms with van der Waals surface area (Å²) < 4.78 is 0. The minimum atomic E-state index is -0.436. The fourth-order valence-corrected chi connectivity index (χ4v) is 2.68. The highest BCUT2D eigenvalue weighted by Gasteiger charge is 2.13. The van der Waals surface area contributed by atoms with Gasteiger partial charge in [-0.3, -0.25) is 4.79 Å². The van der Waals surface area contributed by atoms with E-state index in [4.69, 9.17) is 11.6 Å². The molecule has 1 unspecified atom stereocenters. The molecular weight excluding hydrogens is 334 g/mol. The molecule has 0 heterocycles. The quantitative estimate of drug-likeness (QED) is 0.527. The first-order valence-electron chi connectivity index (χ1n) is 7.97. The summed E-state index contributed by atoms with van der Waals surface area (Å²) in [7, 11) is 0. The van der Waals surface area contributed by atoms with Gasteiger partial charge in [0.15, 0.2) is 0 Å². The highest BCUT2D eigenvalue weighted by molar-refractivity contribution is 6.33. The van der Waals surface area contributed by atoms with Crippen molar-refractivity contribution >= 4 is 40.2 Å². The van der Waals surface area contributed by atoms with Crippen LogP contribution in [0.3, 0.4) is 0 Å². The molecular formula is C20H18ClN3O. The number of fused-ring (bicyclic) bond motifs is 1. The molecule has 0 radical (unpaired) electrons. The minimum absolute atomic E-state index is 0.226. The molecule has 25 heavy (non-hydrogen) atoms. The van der Waals surface area contributed by atoms with Crippen molar-refractivity contribution in [3.05, 3.63) is 77.3 Å². The van der Waals surface area contributed by atoms with E-state index < -0.39 is 6.04 Å². The van der Waals surface area contributed by atoms with Crippen LogP contribution in [-0.4, -0.2) is 18.2 Å². The molecule has 1 atom stereocenters. The number of nitrogens with zero attached hydrogens (tertiary/aromatic N) is 1. The average Bonchev–Trinajstić information content (AvgIpc) is 2.63. The number of carbonyl (C=O) groups is 1. The van der Waals surface area contributed by atoms with Crippen molar-refractivity contribution in [2.45, 2.75) is 13.0 Å². The van der Waals surface area contributed by atoms with Gasteiger partial charge in [-0.05, 0) is 24.4 Å². The van der Waals surface area contributed by atoms with Crippen molar-refractivity contribution in [2.75, 3.05) is 5.32 Å². The van der Waals surface area contributed by atoms with Crippen molar-refractivity contribution in [1.82, 2.24) is 5.43 Å². The predicted octanol–water partition coefficient (Wildman–Crippen LogP) is 4.44. The van der Waals surface area contributed by atoms with Gasteiger partial charge in [0.1, 0.15) is 6.04 Å². The molecule has 0 aliphatic heterocycles. The molecule has 0 saturated carbocycles. The molecule has 126 valence electrons. The molecule has 5 heteroatoms. The fourth-order valence-electron chi connectivity index (χ4n) is 2.49. The molecule has 1 amide bonds. The minimum Gasteiger partial charge on any atom is -0.373 e. The summed E-state index contributed by atoms with van der Waals surface area (Å²) in [5, 5.41) is 9.99. The largest absolute Gasteiger partial charge is 0.373 e. The SMILES string of the molecule is CC(Nc1cccc2ccccc12)C(=O)NN=Cc1ccccc1Cl. The van der Waals surface area contributed by atoms with E-state index in [2.05, 4.69) is 15.8 Å². The summed E-state index contributed by atoms with van der Waals surface area (Å²) in [4.78, 5) is 12.2. The van der Waals surface area contributed by atoms with Crippen molar-refractivity contribution in [2.24, 2.45) is 5.10 Å². The van der Waals surface area contributed by atoms with Crippen LogP contribution in [0.4, 0.5) is 5.69 Å². The van der Waals surface area contributed by atoms with Gasteiger partial charge >= 0.3 is 0 Å². The van der Waals surface area contributed by atoms with Crippen LogP contribution in [0.1, 0.15) is 12.5 Å². The smallest absolute Gasteiger partial charge is 0.262 e. The maximum Gasteiger partial charge on any atom is 0.262 e. The van der Waals surface area contributed by atoms with Gasteiger partial charge in [-0.25, -0.2) is 5.43 Å². The van der Waals surface area contributed by atoms with E-state index in [9.17, 15) is 4.79 Å². The third-order valence-electron chi connectivity index (χ3n) is 3.84. The lowest BCUT2D eigenvalue weighted by Crippen LogP contribution is -2.34. The Morgan fingerprint density at radius 1 is 1.04 bits per heavy atom. The standard InChI is InChI=1S/C20H18ClN3O/c1-14(20(25)24-22-13-16-8-3-5-11-18(16)21)23-19-12-6-9-15-7-2-4-10-17(15)19/h2-14,23H,1H3,(H,24,25). The van der Waals surface area contributed by atoms with Crippen LogP contribution in [0.25, 0.3) is 10.8 Å². The van der Waals surface area contributed by atoms with Gasteiger partial charge in [0, 0.05) is 21.7 Å². The second-order valence-electron chi connectivity index (χ2n) is 5.65. The number of anilines is 1. The Balaban J connectivity index is 1.65. The molecule has 0 bridgehead atoms. The molecule has 0 fully saturated rings. The van der Waals surface area contributed by atoms with E-state index in [0.29, 0.717) is 5.02 Å². The maximum atomic E-state index is 12.2. The van der Waals surface area contributed by atoms with Crippen LogP contribution in [0.15, 0.2) is 71.8 Å². The summed E-state index contributed by atoms with van der Waals surface area (Å²) in [6.45, 7) is 1.79. The number of halogens is 1. The first kappa shape index (κ1) is 17.0. The Kier molecular flexibility index (Phi) is 5.31. The monoisotopic (exact) mass is 351 g/mol. The predicted molar refractivity (Wildman–Crippen MR) is 104 cm³/mol. The number of hydrogen-bond acceptors (Lipinski definition) is 3. The van der Waals surface area contributed by atoms with Crippen molar-refractivity contribution < 1.29 is 4.79 Å². The summed E-state index contributed by atoms with van der Waals surface area (Å²) in [6, 6.07) is 20.9. The summed E-state index contributed by atoms with van der Waals surface area (Å²) >= 11 is 6.05. The van der Waals surface area contributed by atoms with E-state index in [1.165, 1.54) is 6.21 Å². The molecule has 0 aliphatic rings. The van der Waals surface area contributed by atoms with Crippen LogP contribution < -0.4 is 10.7 Å². The number of carbonyl (C=O) groups excluding carboxylic acids is 1. The molecule has 0 aromatic heterocycles. The van der Waals surface area contributed by atoms with E-state index in [1.807, 2.05) is 60.7 Å². The van der Waals surface area contributed by atoms with Crippen LogP contribution in [0, 0.1) is 0 Å². The summed E-state index contributed by atoms with van der Waals surface area (Å²) in [6.07, 6.45) is 1.53. The first-order valence-corrected chi connectivity index (χ1v) is 8.34. The number of hydrogen-bond donors (Lipinski definition) is 2. The Morgan fingerprint density at radius 3 is 2.60 bits per heavy atom. The Bertz CT molecular complexity index is 918. The molecule has 3 rings (SSSR count). The van der Waals surface area contributed by atoms with E-state index in [-0.39, 0.29) is 5.91 Å². The zero-order valence-electron chi connectivity index (χ0n) is 13.7. The van der Waals surface area contributed by atoms with Gasteiger partial charge in [-0.15, -0.1) is 0 Å². The number of hydrazone groups is 1. The number of rotatable bonds is 5. The molecule has 0 aliphatic carbocycles. The van der Waals surface area contributed by atoms with E-state index in [1.54, 1.807) is 13.0 Å². The van der Waals surface area contributed by atoms with Crippen LogP contribution in [-0.2, 0) is 4.79 Å². The van der Waals surface area contributed by atoms with Gasteiger partial charge in [0.2, 0.25) is 0 Å². The zero-order chi connectivity index (χ0) is 17.6. The molecule has 3 aromatic carbocycles. The fraction of sp³-hybridized carbons (Fsp3) is 0.100. The van der Waals surface area contributed by atoms with Gasteiger partial charge in [-0.1, -0.05) is 66.2 Å². The highest BCUT2D eigenvalue weighted by atomic mass is 35.5. The Morgan fingerprint density at radius 2 is 1.76 bits per heavy atom.